The molecule has 0 unspecified atom stereocenters. The quantitative estimate of drug-likeness (QED) is 0.502. The SMILES string of the molecule is C.C.C.CCC[S-].[Sn]. The van der Waals surface area contributed by atoms with Crippen LogP contribution in [-0.4, -0.2) is 29.7 Å². The first-order valence-electron chi connectivity index (χ1n) is 1.50. The molecule has 0 amide bonds. The molecule has 0 fully saturated rings. The minimum absolute atomic E-state index is 0. The summed E-state index contributed by atoms with van der Waals surface area (Å²) < 4.78 is 0. The summed E-state index contributed by atoms with van der Waals surface area (Å²) in [5.41, 5.74) is 0. The van der Waals surface area contributed by atoms with Crippen molar-refractivity contribution in [3.63, 3.8) is 0 Å². The first-order chi connectivity index (χ1) is 1.91. The Balaban J connectivity index is -0.00000000750. The van der Waals surface area contributed by atoms with E-state index < -0.39 is 0 Å². The van der Waals surface area contributed by atoms with Gasteiger partial charge >= 0.3 is 0 Å². The maximum Gasteiger partial charge on any atom is 0 e. The molecule has 0 saturated heterocycles. The fourth-order valence-corrected chi connectivity index (χ4v) is 0. The van der Waals surface area contributed by atoms with E-state index in [0.717, 1.165) is 12.2 Å². The van der Waals surface area contributed by atoms with Crippen LogP contribution in [0.5, 0.6) is 0 Å². The van der Waals surface area contributed by atoms with Crippen LogP contribution in [0, 0.1) is 0 Å². The van der Waals surface area contributed by atoms with Crippen LogP contribution in [0.3, 0.4) is 0 Å². The van der Waals surface area contributed by atoms with Crippen LogP contribution in [0.2, 0.25) is 0 Å². The molecule has 0 atom stereocenters. The van der Waals surface area contributed by atoms with Gasteiger partial charge in [-0.1, -0.05) is 35.6 Å². The largest absolute Gasteiger partial charge is 0.793 e. The molecule has 0 bridgehead atoms. The first-order valence-corrected chi connectivity index (χ1v) is 2.07. The molecule has 0 aromatic carbocycles. The van der Waals surface area contributed by atoms with Crippen LogP contribution in [0.25, 0.3) is 0 Å². The van der Waals surface area contributed by atoms with Crippen molar-refractivity contribution in [3.8, 4) is 0 Å². The molecule has 2 heteroatoms. The van der Waals surface area contributed by atoms with E-state index in [-0.39, 0.29) is 46.2 Å². The molecule has 54 valence electrons. The van der Waals surface area contributed by atoms with Crippen molar-refractivity contribution in [1.82, 2.24) is 0 Å². The van der Waals surface area contributed by atoms with Crippen molar-refractivity contribution in [3.05, 3.63) is 0 Å². The van der Waals surface area contributed by atoms with Crippen molar-refractivity contribution in [2.75, 3.05) is 5.75 Å². The molecule has 0 aromatic heterocycles. The zero-order valence-corrected chi connectivity index (χ0v) is 6.99. The van der Waals surface area contributed by atoms with Crippen LogP contribution in [0.15, 0.2) is 0 Å². The fraction of sp³-hybridized carbons (Fsp3) is 1.00. The van der Waals surface area contributed by atoms with E-state index >= 15 is 0 Å². The molecule has 0 nitrogen and oxygen atoms in total. The maximum atomic E-state index is 4.55. The van der Waals surface area contributed by atoms with Gasteiger partial charge in [0.25, 0.3) is 0 Å². The van der Waals surface area contributed by atoms with Gasteiger partial charge in [0, 0.05) is 23.9 Å². The van der Waals surface area contributed by atoms with Gasteiger partial charge in [0.2, 0.25) is 0 Å². The average molecular weight is 242 g/mol. The van der Waals surface area contributed by atoms with Gasteiger partial charge in [0.1, 0.15) is 0 Å². The zero-order valence-electron chi connectivity index (χ0n) is 3.32. The smallest absolute Gasteiger partial charge is 0 e. The van der Waals surface area contributed by atoms with Crippen molar-refractivity contribution < 1.29 is 0 Å². The zero-order chi connectivity index (χ0) is 3.41. The summed E-state index contributed by atoms with van der Waals surface area (Å²) in [4.78, 5) is 0. The van der Waals surface area contributed by atoms with Gasteiger partial charge < -0.3 is 12.6 Å². The molecule has 0 N–H and O–H groups in total. The Hall–Kier alpha value is 1.15. The van der Waals surface area contributed by atoms with E-state index in [1.165, 1.54) is 0 Å². The first kappa shape index (κ1) is 35.3. The van der Waals surface area contributed by atoms with Gasteiger partial charge in [-0.2, -0.15) is 5.75 Å². The number of hydrogen-bond acceptors (Lipinski definition) is 1. The fourth-order valence-electron chi connectivity index (χ4n) is 0. The molecular formula is C6H19SSn-. The van der Waals surface area contributed by atoms with Crippen LogP contribution in [0.4, 0.5) is 0 Å². The normalized spacial score (nSPS) is 3.75. The standard InChI is InChI=1S/C3H8S.3CH4.Sn/c1-2-3-4;;;;/h4H,2-3H2,1H3;3*1H4;/p-1. The Kier molecular flexibility index (Phi) is 185. The molecule has 0 aliphatic rings. The van der Waals surface area contributed by atoms with Gasteiger partial charge in [-0.05, 0) is 0 Å². The van der Waals surface area contributed by atoms with E-state index in [1.807, 2.05) is 0 Å². The molecule has 4 radical (unpaired) electrons. The Morgan fingerprint density at radius 1 is 1.12 bits per heavy atom. The third kappa shape index (κ3) is 58.5. The van der Waals surface area contributed by atoms with Gasteiger partial charge in [-0.25, -0.2) is 0 Å². The van der Waals surface area contributed by atoms with Crippen LogP contribution >= 0.6 is 0 Å². The average Bonchev–Trinajstić information content (AvgIpc) is 1.37. The van der Waals surface area contributed by atoms with E-state index in [0.29, 0.717) is 0 Å². The molecule has 0 rings (SSSR count). The van der Waals surface area contributed by atoms with Crippen LogP contribution < -0.4 is 0 Å². The molecule has 0 spiro atoms. The molecule has 8 heavy (non-hydrogen) atoms. The summed E-state index contributed by atoms with van der Waals surface area (Å²) in [7, 11) is 0. The van der Waals surface area contributed by atoms with Crippen LogP contribution in [-0.2, 0) is 12.6 Å². The Labute approximate surface area is 77.8 Å². The Morgan fingerprint density at radius 2 is 1.25 bits per heavy atom. The number of hydrogen-bond donors (Lipinski definition) is 0. The second kappa shape index (κ2) is 42.0. The van der Waals surface area contributed by atoms with Crippen molar-refractivity contribution >= 4 is 36.5 Å². The molecule has 0 aliphatic heterocycles. The van der Waals surface area contributed by atoms with Crippen molar-refractivity contribution in [1.29, 1.82) is 0 Å². The van der Waals surface area contributed by atoms with E-state index in [4.69, 9.17) is 0 Å². The van der Waals surface area contributed by atoms with Crippen LogP contribution in [0.1, 0.15) is 35.6 Å². The van der Waals surface area contributed by atoms with Gasteiger partial charge in [-0.15, -0.1) is 0 Å². The van der Waals surface area contributed by atoms with E-state index in [1.54, 1.807) is 0 Å². The summed E-state index contributed by atoms with van der Waals surface area (Å²) in [5.74, 6) is 0.903. The monoisotopic (exact) mass is 243 g/mol. The predicted molar refractivity (Wildman–Crippen MR) is 48.5 cm³/mol. The summed E-state index contributed by atoms with van der Waals surface area (Å²) in [6, 6.07) is 0. The number of rotatable bonds is 1. The molecule has 0 aliphatic carbocycles. The third-order valence-electron chi connectivity index (χ3n) is 0.204. The Morgan fingerprint density at radius 3 is 1.25 bits per heavy atom. The predicted octanol–water partition coefficient (Wildman–Crippen LogP) is 2.47. The molecule has 0 saturated carbocycles. The summed E-state index contributed by atoms with van der Waals surface area (Å²) in [5, 5.41) is 0. The third-order valence-corrected chi connectivity index (χ3v) is 0.612. The van der Waals surface area contributed by atoms with Crippen molar-refractivity contribution in [2.45, 2.75) is 35.6 Å². The minimum atomic E-state index is 0. The Bertz CT molecular complexity index is 10.5. The van der Waals surface area contributed by atoms with Gasteiger partial charge in [0.15, 0.2) is 0 Å². The van der Waals surface area contributed by atoms with E-state index in [9.17, 15) is 0 Å². The van der Waals surface area contributed by atoms with E-state index in [2.05, 4.69) is 19.6 Å². The molecule has 0 heterocycles. The van der Waals surface area contributed by atoms with Crippen molar-refractivity contribution in [2.24, 2.45) is 0 Å². The summed E-state index contributed by atoms with van der Waals surface area (Å²) in [6.07, 6.45) is 1.13. The maximum absolute atomic E-state index is 4.55. The van der Waals surface area contributed by atoms with Gasteiger partial charge in [-0.3, -0.25) is 0 Å². The second-order valence-corrected chi connectivity index (χ2v) is 1.11. The van der Waals surface area contributed by atoms with Gasteiger partial charge in [0.05, 0.1) is 0 Å². The topological polar surface area (TPSA) is 0 Å². The minimum Gasteiger partial charge on any atom is -0.793 e. The summed E-state index contributed by atoms with van der Waals surface area (Å²) >= 11 is 4.55. The molecule has 0 aromatic rings. The molecular weight excluding hydrogens is 223 g/mol. The summed E-state index contributed by atoms with van der Waals surface area (Å²) in [6.45, 7) is 2.08. The second-order valence-electron chi connectivity index (χ2n) is 0.704.